The number of fused-ring (bicyclic) bond motifs is 1. The van der Waals surface area contributed by atoms with Crippen LogP contribution in [0.5, 0.6) is 0 Å². The molecule has 1 aliphatic rings. The van der Waals surface area contributed by atoms with Gasteiger partial charge in [0.05, 0.1) is 0 Å². The summed E-state index contributed by atoms with van der Waals surface area (Å²) in [4.78, 5) is 0. The van der Waals surface area contributed by atoms with Crippen LogP contribution in [0, 0.1) is 5.41 Å². The third-order valence-corrected chi connectivity index (χ3v) is 2.73. The van der Waals surface area contributed by atoms with Crippen molar-refractivity contribution >= 4 is 24.9 Å². The van der Waals surface area contributed by atoms with Crippen LogP contribution in [0.3, 0.4) is 0 Å². The molecule has 0 bridgehead atoms. The second kappa shape index (κ2) is 3.97. The molecular formula is C13H17Li. The van der Waals surface area contributed by atoms with Crippen molar-refractivity contribution in [2.45, 2.75) is 26.7 Å². The van der Waals surface area contributed by atoms with E-state index in [1.165, 1.54) is 11.1 Å². The van der Waals surface area contributed by atoms with Gasteiger partial charge in [0, 0.05) is 5.92 Å². The van der Waals surface area contributed by atoms with Gasteiger partial charge in [-0.2, -0.15) is 0 Å². The van der Waals surface area contributed by atoms with Crippen LogP contribution in [0.4, 0.5) is 0 Å². The molecule has 0 amide bonds. The number of hydrogen-bond acceptors (Lipinski definition) is 0. The Morgan fingerprint density at radius 3 is 2.36 bits per heavy atom. The number of hydrogen-bond donors (Lipinski definition) is 0. The third-order valence-electron chi connectivity index (χ3n) is 2.73. The molecule has 1 atom stereocenters. The van der Waals surface area contributed by atoms with Crippen molar-refractivity contribution in [2.24, 2.45) is 5.41 Å². The molecule has 0 nitrogen and oxygen atoms in total. The average molecular weight is 180 g/mol. The molecule has 0 saturated carbocycles. The summed E-state index contributed by atoms with van der Waals surface area (Å²) in [6, 6.07) is 8.67. The van der Waals surface area contributed by atoms with Gasteiger partial charge in [0.2, 0.25) is 0 Å². The minimum atomic E-state index is 0. The van der Waals surface area contributed by atoms with Crippen LogP contribution in [0.1, 0.15) is 37.8 Å². The topological polar surface area (TPSA) is 0 Å². The first-order valence-corrected chi connectivity index (χ1v) is 4.86. The van der Waals surface area contributed by atoms with Crippen LogP contribution < -0.4 is 0 Å². The van der Waals surface area contributed by atoms with Gasteiger partial charge >= 0.3 is 18.9 Å². The number of rotatable bonds is 0. The summed E-state index contributed by atoms with van der Waals surface area (Å²) in [6.45, 7) is 6.89. The predicted molar refractivity (Wildman–Crippen MR) is 64.8 cm³/mol. The third kappa shape index (κ3) is 1.97. The van der Waals surface area contributed by atoms with Gasteiger partial charge < -0.3 is 0 Å². The Hall–Kier alpha value is -0.443. The van der Waals surface area contributed by atoms with Crippen LogP contribution in [0.2, 0.25) is 0 Å². The van der Waals surface area contributed by atoms with Gasteiger partial charge in [0.1, 0.15) is 0 Å². The van der Waals surface area contributed by atoms with Gasteiger partial charge in [0.25, 0.3) is 0 Å². The van der Waals surface area contributed by atoms with Crippen LogP contribution in [-0.4, -0.2) is 18.9 Å². The Morgan fingerprint density at radius 1 is 1.07 bits per heavy atom. The molecule has 14 heavy (non-hydrogen) atoms. The second-order valence-corrected chi connectivity index (χ2v) is 4.83. The molecule has 0 radical (unpaired) electrons. The van der Waals surface area contributed by atoms with Gasteiger partial charge in [-0.3, -0.25) is 0 Å². The van der Waals surface area contributed by atoms with E-state index in [1.54, 1.807) is 0 Å². The second-order valence-electron chi connectivity index (χ2n) is 4.83. The van der Waals surface area contributed by atoms with E-state index < -0.39 is 0 Å². The Kier molecular flexibility index (Phi) is 3.30. The van der Waals surface area contributed by atoms with Crippen LogP contribution in [-0.2, 0) is 0 Å². The van der Waals surface area contributed by atoms with Gasteiger partial charge in [-0.05, 0) is 16.5 Å². The molecular weight excluding hydrogens is 163 g/mol. The fourth-order valence-electron chi connectivity index (χ4n) is 2.00. The fourth-order valence-corrected chi connectivity index (χ4v) is 2.00. The number of benzene rings is 1. The summed E-state index contributed by atoms with van der Waals surface area (Å²) < 4.78 is 0. The SMILES string of the molecule is CC(C)(C)C1C=Cc2ccccc21.[LiH]. The molecule has 0 N–H and O–H groups in total. The standard InChI is InChI=1S/C13H16.Li.H/c1-13(2,3)12-9-8-10-6-4-5-7-11(10)12;;/h4-9,12H,1-3H3;;. The molecule has 1 aromatic carbocycles. The molecule has 0 spiro atoms. The van der Waals surface area contributed by atoms with Crippen LogP contribution in [0.25, 0.3) is 6.08 Å². The Morgan fingerprint density at radius 2 is 1.71 bits per heavy atom. The molecule has 2 rings (SSSR count). The molecule has 1 unspecified atom stereocenters. The van der Waals surface area contributed by atoms with Crippen molar-refractivity contribution in [3.8, 4) is 0 Å². The fraction of sp³-hybridized carbons (Fsp3) is 0.385. The molecule has 70 valence electrons. The average Bonchev–Trinajstić information content (AvgIpc) is 2.45. The van der Waals surface area contributed by atoms with E-state index >= 15 is 0 Å². The van der Waals surface area contributed by atoms with E-state index in [-0.39, 0.29) is 18.9 Å². The van der Waals surface area contributed by atoms with E-state index in [0.717, 1.165) is 0 Å². The van der Waals surface area contributed by atoms with Crippen molar-refractivity contribution in [3.63, 3.8) is 0 Å². The molecule has 0 heterocycles. The summed E-state index contributed by atoms with van der Waals surface area (Å²) in [5, 5.41) is 0. The minimum absolute atomic E-state index is 0. The molecule has 1 aromatic rings. The Balaban J connectivity index is 0.000000980. The Bertz CT molecular complexity index is 344. The zero-order valence-corrected chi connectivity index (χ0v) is 8.54. The predicted octanol–water partition coefficient (Wildman–Crippen LogP) is 3.19. The molecule has 0 saturated heterocycles. The first kappa shape index (κ1) is 11.6. The van der Waals surface area contributed by atoms with Crippen molar-refractivity contribution in [1.82, 2.24) is 0 Å². The van der Waals surface area contributed by atoms with Gasteiger partial charge in [-0.15, -0.1) is 0 Å². The van der Waals surface area contributed by atoms with Crippen molar-refractivity contribution in [3.05, 3.63) is 41.5 Å². The van der Waals surface area contributed by atoms with E-state index in [0.29, 0.717) is 11.3 Å². The van der Waals surface area contributed by atoms with Gasteiger partial charge in [-0.25, -0.2) is 0 Å². The molecule has 1 aliphatic carbocycles. The maximum absolute atomic E-state index is 2.32. The van der Waals surface area contributed by atoms with E-state index in [2.05, 4.69) is 57.2 Å². The van der Waals surface area contributed by atoms with E-state index in [1.807, 2.05) is 0 Å². The zero-order chi connectivity index (χ0) is 9.47. The summed E-state index contributed by atoms with van der Waals surface area (Å²) in [7, 11) is 0. The van der Waals surface area contributed by atoms with Crippen LogP contribution >= 0.6 is 0 Å². The summed E-state index contributed by atoms with van der Waals surface area (Å²) in [5.41, 5.74) is 3.21. The zero-order valence-electron chi connectivity index (χ0n) is 8.54. The molecule has 0 aliphatic heterocycles. The van der Waals surface area contributed by atoms with Gasteiger partial charge in [0.15, 0.2) is 0 Å². The summed E-state index contributed by atoms with van der Waals surface area (Å²) >= 11 is 0. The van der Waals surface area contributed by atoms with Gasteiger partial charge in [-0.1, -0.05) is 57.2 Å². The number of allylic oxidation sites excluding steroid dienone is 1. The van der Waals surface area contributed by atoms with E-state index in [4.69, 9.17) is 0 Å². The Labute approximate surface area is 98.6 Å². The van der Waals surface area contributed by atoms with Crippen molar-refractivity contribution in [2.75, 3.05) is 0 Å². The van der Waals surface area contributed by atoms with Crippen LogP contribution in [0.15, 0.2) is 30.3 Å². The quantitative estimate of drug-likeness (QED) is 0.538. The normalized spacial score (nSPS) is 18.9. The molecule has 0 fully saturated rings. The van der Waals surface area contributed by atoms with Crippen molar-refractivity contribution < 1.29 is 0 Å². The summed E-state index contributed by atoms with van der Waals surface area (Å²) in [6.07, 6.45) is 4.57. The molecule has 0 aromatic heterocycles. The first-order valence-electron chi connectivity index (χ1n) is 4.86. The summed E-state index contributed by atoms with van der Waals surface area (Å²) in [5.74, 6) is 0.587. The molecule has 1 heteroatoms. The van der Waals surface area contributed by atoms with E-state index in [9.17, 15) is 0 Å². The monoisotopic (exact) mass is 180 g/mol. The first-order chi connectivity index (χ1) is 6.09. The van der Waals surface area contributed by atoms with Crippen molar-refractivity contribution in [1.29, 1.82) is 0 Å². The maximum atomic E-state index is 2.32.